The number of imidazole rings is 1. The van der Waals surface area contributed by atoms with Crippen molar-refractivity contribution in [2.45, 2.75) is 53.0 Å². The van der Waals surface area contributed by atoms with Gasteiger partial charge in [0.2, 0.25) is 0 Å². The fraction of sp³-hybridized carbons (Fsp3) is 0.258. The predicted octanol–water partition coefficient (Wildman–Crippen LogP) is 5.94. The molecule has 192 valence electrons. The quantitative estimate of drug-likeness (QED) is 0.256. The molecule has 1 aliphatic carbocycles. The number of hydrogen-bond acceptors (Lipinski definition) is 4. The van der Waals surface area contributed by atoms with E-state index in [2.05, 4.69) is 106 Å². The molecule has 0 amide bonds. The van der Waals surface area contributed by atoms with E-state index < -0.39 is 0 Å². The van der Waals surface area contributed by atoms with Crippen LogP contribution < -0.4 is 11.0 Å². The first-order valence-corrected chi connectivity index (χ1v) is 13.3. The van der Waals surface area contributed by atoms with Crippen LogP contribution in [0.5, 0.6) is 0 Å². The van der Waals surface area contributed by atoms with Crippen molar-refractivity contribution in [1.29, 1.82) is 0 Å². The molecule has 7 nitrogen and oxygen atoms in total. The molecule has 2 aromatic carbocycles. The van der Waals surface area contributed by atoms with Crippen molar-refractivity contribution < 1.29 is 0 Å². The summed E-state index contributed by atoms with van der Waals surface area (Å²) in [4.78, 5) is 19.4. The SMILES string of the molecule is CCc1c(-c2ccccc2-c2ccc(C)cc2C)nc2cc(C(NCc3n[nH]c(=O)[nH]3)=C3CCC3)ccn12. The van der Waals surface area contributed by atoms with Crippen LogP contribution in [0.15, 0.2) is 71.2 Å². The molecule has 0 saturated heterocycles. The molecule has 3 aromatic heterocycles. The first-order chi connectivity index (χ1) is 18.5. The van der Waals surface area contributed by atoms with E-state index in [9.17, 15) is 4.79 Å². The van der Waals surface area contributed by atoms with Gasteiger partial charge in [-0.1, -0.05) is 55.0 Å². The van der Waals surface area contributed by atoms with Gasteiger partial charge in [-0.25, -0.2) is 14.9 Å². The predicted molar refractivity (Wildman–Crippen MR) is 152 cm³/mol. The van der Waals surface area contributed by atoms with Crippen LogP contribution in [0, 0.1) is 13.8 Å². The zero-order valence-electron chi connectivity index (χ0n) is 22.1. The van der Waals surface area contributed by atoms with Crippen molar-refractivity contribution in [3.8, 4) is 22.4 Å². The minimum absolute atomic E-state index is 0.292. The Labute approximate surface area is 221 Å². The third-order valence-corrected chi connectivity index (χ3v) is 7.50. The normalized spacial score (nSPS) is 13.1. The Balaban J connectivity index is 1.43. The summed E-state index contributed by atoms with van der Waals surface area (Å²) in [5.74, 6) is 0.591. The Bertz CT molecular complexity index is 1730. The second-order valence-corrected chi connectivity index (χ2v) is 10.1. The Morgan fingerprint density at radius 3 is 2.53 bits per heavy atom. The van der Waals surface area contributed by atoms with Gasteiger partial charge >= 0.3 is 5.69 Å². The fourth-order valence-corrected chi connectivity index (χ4v) is 5.44. The average molecular weight is 505 g/mol. The summed E-state index contributed by atoms with van der Waals surface area (Å²) in [7, 11) is 0. The second-order valence-electron chi connectivity index (χ2n) is 10.1. The third-order valence-electron chi connectivity index (χ3n) is 7.50. The zero-order chi connectivity index (χ0) is 26.2. The molecule has 7 heteroatoms. The van der Waals surface area contributed by atoms with Crippen LogP contribution in [0.1, 0.15) is 54.4 Å². The number of hydrogen-bond donors (Lipinski definition) is 3. The molecule has 0 unspecified atom stereocenters. The van der Waals surface area contributed by atoms with E-state index in [1.165, 1.54) is 39.9 Å². The van der Waals surface area contributed by atoms with Gasteiger partial charge in [0.1, 0.15) is 11.5 Å². The number of aromatic amines is 2. The standard InChI is InChI=1S/C31H32N6O/c1-4-26-30(25-11-6-5-10-24(25)23-13-12-19(2)16-20(23)3)34-28-17-22(14-15-37(26)28)29(21-8-7-9-21)32-18-27-33-31(38)36-35-27/h5-6,10-17,32H,4,7-9,18H2,1-3H3,(H2,33,35,36,38). The molecule has 1 aliphatic rings. The lowest BCUT2D eigenvalue weighted by Gasteiger charge is -2.23. The van der Waals surface area contributed by atoms with Crippen molar-refractivity contribution in [1.82, 2.24) is 29.9 Å². The molecular formula is C31H32N6O. The summed E-state index contributed by atoms with van der Waals surface area (Å²) in [6, 6.07) is 19.6. The van der Waals surface area contributed by atoms with Gasteiger partial charge in [-0.3, -0.25) is 4.98 Å². The lowest BCUT2D eigenvalue weighted by Crippen LogP contribution is -2.18. The van der Waals surface area contributed by atoms with Crippen LogP contribution in [-0.4, -0.2) is 24.6 Å². The van der Waals surface area contributed by atoms with Gasteiger partial charge in [0.15, 0.2) is 0 Å². The molecule has 38 heavy (non-hydrogen) atoms. The van der Waals surface area contributed by atoms with E-state index >= 15 is 0 Å². The molecule has 3 heterocycles. The Hall–Kier alpha value is -4.39. The van der Waals surface area contributed by atoms with Gasteiger partial charge in [0.25, 0.3) is 0 Å². The number of aromatic nitrogens is 5. The monoisotopic (exact) mass is 504 g/mol. The first-order valence-electron chi connectivity index (χ1n) is 13.3. The average Bonchev–Trinajstić information content (AvgIpc) is 3.47. The van der Waals surface area contributed by atoms with Gasteiger partial charge < -0.3 is 9.72 Å². The van der Waals surface area contributed by atoms with Crippen molar-refractivity contribution in [2.75, 3.05) is 0 Å². The molecule has 1 fully saturated rings. The number of H-pyrrole nitrogens is 2. The van der Waals surface area contributed by atoms with E-state index in [4.69, 9.17) is 4.98 Å². The number of nitrogens with one attached hydrogen (secondary N) is 3. The van der Waals surface area contributed by atoms with Crippen molar-refractivity contribution in [2.24, 2.45) is 0 Å². The Morgan fingerprint density at radius 2 is 1.84 bits per heavy atom. The number of allylic oxidation sites excluding steroid dienone is 1. The number of rotatable bonds is 7. The van der Waals surface area contributed by atoms with Crippen LogP contribution in [0.25, 0.3) is 33.7 Å². The van der Waals surface area contributed by atoms with Gasteiger partial charge in [-0.05, 0) is 73.9 Å². The highest BCUT2D eigenvalue weighted by Gasteiger charge is 2.20. The Morgan fingerprint density at radius 1 is 1.03 bits per heavy atom. The van der Waals surface area contributed by atoms with E-state index in [0.717, 1.165) is 47.4 Å². The van der Waals surface area contributed by atoms with Crippen molar-refractivity contribution >= 4 is 11.3 Å². The van der Waals surface area contributed by atoms with Crippen molar-refractivity contribution in [3.63, 3.8) is 0 Å². The Kier molecular flexibility index (Phi) is 6.19. The summed E-state index contributed by atoms with van der Waals surface area (Å²) < 4.78 is 2.21. The smallest absolute Gasteiger partial charge is 0.340 e. The molecule has 1 saturated carbocycles. The summed E-state index contributed by atoms with van der Waals surface area (Å²) in [5.41, 5.74) is 12.6. The second kappa shape index (κ2) is 9.82. The van der Waals surface area contributed by atoms with Gasteiger partial charge in [-0.15, -0.1) is 0 Å². The molecule has 6 rings (SSSR count). The first kappa shape index (κ1) is 24.0. The molecule has 0 aliphatic heterocycles. The summed E-state index contributed by atoms with van der Waals surface area (Å²) >= 11 is 0. The summed E-state index contributed by atoms with van der Waals surface area (Å²) in [6.45, 7) is 6.95. The number of fused-ring (bicyclic) bond motifs is 1. The third kappa shape index (κ3) is 4.34. The fourth-order valence-electron chi connectivity index (χ4n) is 5.44. The van der Waals surface area contributed by atoms with Crippen molar-refractivity contribution in [3.05, 3.63) is 105 Å². The molecular weight excluding hydrogens is 472 g/mol. The summed E-state index contributed by atoms with van der Waals surface area (Å²) in [5, 5.41) is 10.0. The number of nitrogens with zero attached hydrogens (tertiary/aromatic N) is 3. The maximum absolute atomic E-state index is 11.5. The van der Waals surface area contributed by atoms with E-state index in [0.29, 0.717) is 12.4 Å². The maximum atomic E-state index is 11.5. The highest BCUT2D eigenvalue weighted by molar-refractivity contribution is 5.85. The van der Waals surface area contributed by atoms with Crippen LogP contribution >= 0.6 is 0 Å². The molecule has 5 aromatic rings. The van der Waals surface area contributed by atoms with E-state index in [1.54, 1.807) is 0 Å². The highest BCUT2D eigenvalue weighted by Crippen LogP contribution is 2.37. The molecule has 0 atom stereocenters. The van der Waals surface area contributed by atoms with E-state index in [-0.39, 0.29) is 5.69 Å². The molecule has 3 N–H and O–H groups in total. The topological polar surface area (TPSA) is 90.9 Å². The largest absolute Gasteiger partial charge is 0.377 e. The number of benzene rings is 2. The molecule has 0 spiro atoms. The minimum Gasteiger partial charge on any atom is -0.377 e. The highest BCUT2D eigenvalue weighted by atomic mass is 16.1. The van der Waals surface area contributed by atoms with Crippen LogP contribution in [-0.2, 0) is 13.0 Å². The molecule has 0 radical (unpaired) electrons. The van der Waals surface area contributed by atoms with Gasteiger partial charge in [-0.2, -0.15) is 5.10 Å². The lowest BCUT2D eigenvalue weighted by molar-refractivity contribution is 0.653. The van der Waals surface area contributed by atoms with E-state index in [1.807, 2.05) is 0 Å². The van der Waals surface area contributed by atoms with Crippen LogP contribution in [0.3, 0.4) is 0 Å². The van der Waals surface area contributed by atoms with Crippen LogP contribution in [0.2, 0.25) is 0 Å². The summed E-state index contributed by atoms with van der Waals surface area (Å²) in [6.07, 6.45) is 6.36. The lowest BCUT2D eigenvalue weighted by atomic mass is 9.88. The zero-order valence-corrected chi connectivity index (χ0v) is 22.1. The maximum Gasteiger partial charge on any atom is 0.340 e. The van der Waals surface area contributed by atoms with Gasteiger partial charge in [0, 0.05) is 23.0 Å². The number of pyridine rings is 1. The van der Waals surface area contributed by atoms with Gasteiger partial charge in [0.05, 0.1) is 17.9 Å². The van der Waals surface area contributed by atoms with Crippen LogP contribution in [0.4, 0.5) is 0 Å². The number of aryl methyl sites for hydroxylation is 3. The molecule has 0 bridgehead atoms. The minimum atomic E-state index is -0.292.